The molecule has 1 fully saturated rings. The minimum absolute atomic E-state index is 0.000210. The third-order valence-corrected chi connectivity index (χ3v) is 12.7. The lowest BCUT2D eigenvalue weighted by Crippen LogP contribution is -2.35. The molecule has 8 rings (SSSR count). The van der Waals surface area contributed by atoms with Crippen LogP contribution in [-0.4, -0.2) is 115 Å². The zero-order valence-corrected chi connectivity index (χ0v) is 39.9. The van der Waals surface area contributed by atoms with Gasteiger partial charge in [0.1, 0.15) is 11.4 Å². The lowest BCUT2D eigenvalue weighted by Gasteiger charge is -2.20. The first-order chi connectivity index (χ1) is 33.5. The molecule has 2 aromatic carbocycles. The van der Waals surface area contributed by atoms with Gasteiger partial charge in [-0.15, -0.1) is 0 Å². The number of nitrogens with zero attached hydrogens (tertiary/aromatic N) is 7. The van der Waals surface area contributed by atoms with E-state index in [-0.39, 0.29) is 79.6 Å². The number of fused-ring (bicyclic) bond motifs is 3. The maximum atomic E-state index is 13.8. The van der Waals surface area contributed by atoms with E-state index in [0.717, 1.165) is 11.0 Å². The number of carbonyl (C=O) groups is 5. The van der Waals surface area contributed by atoms with Crippen molar-refractivity contribution in [3.05, 3.63) is 114 Å². The van der Waals surface area contributed by atoms with Crippen molar-refractivity contribution < 1.29 is 52.2 Å². The van der Waals surface area contributed by atoms with E-state index in [2.05, 4.69) is 37.6 Å². The number of amides is 4. The number of ether oxygens (including phenoxy) is 3. The minimum Gasteiger partial charge on any atom is -0.493 e. The summed E-state index contributed by atoms with van der Waals surface area (Å²) in [6.45, 7) is 4.74. The highest BCUT2D eigenvalue weighted by atomic mass is 31.2. The van der Waals surface area contributed by atoms with Gasteiger partial charge in [0.25, 0.3) is 23.6 Å². The van der Waals surface area contributed by atoms with Crippen LogP contribution in [0.2, 0.25) is 0 Å². The van der Waals surface area contributed by atoms with Crippen molar-refractivity contribution >= 4 is 77.3 Å². The number of rotatable bonds is 19. The van der Waals surface area contributed by atoms with E-state index >= 15 is 0 Å². The predicted octanol–water partition coefficient (Wildman–Crippen LogP) is 5.39. The zero-order valence-electron chi connectivity index (χ0n) is 39.1. The van der Waals surface area contributed by atoms with Gasteiger partial charge in [0.15, 0.2) is 17.3 Å². The first-order valence-electron chi connectivity index (χ1n) is 22.0. The minimum atomic E-state index is -4.08. The summed E-state index contributed by atoms with van der Waals surface area (Å²) >= 11 is 0. The third kappa shape index (κ3) is 10.8. The molecule has 1 unspecified atom stereocenters. The number of nitrogens with one attached hydrogen (secondary N) is 4. The number of imidazole rings is 1. The van der Waals surface area contributed by atoms with Crippen molar-refractivity contribution in [2.75, 3.05) is 56.5 Å². The van der Waals surface area contributed by atoms with Crippen LogP contribution in [0.4, 0.5) is 22.9 Å². The van der Waals surface area contributed by atoms with Crippen LogP contribution in [0.3, 0.4) is 0 Å². The lowest BCUT2D eigenvalue weighted by molar-refractivity contribution is -0.116. The summed E-state index contributed by atoms with van der Waals surface area (Å²) in [5.74, 6) is -1.07. The van der Waals surface area contributed by atoms with Gasteiger partial charge in [-0.05, 0) is 48.7 Å². The zero-order chi connectivity index (χ0) is 49.9. The quantitative estimate of drug-likeness (QED) is 0.0388. The van der Waals surface area contributed by atoms with Crippen molar-refractivity contribution in [1.82, 2.24) is 33.2 Å². The van der Waals surface area contributed by atoms with Crippen LogP contribution in [0.15, 0.2) is 90.5 Å². The second kappa shape index (κ2) is 20.5. The number of aromatic nitrogens is 5. The number of aliphatic imine (C=N–C) groups is 1. The monoisotopic (exact) mass is 977 g/mol. The Labute approximate surface area is 401 Å². The van der Waals surface area contributed by atoms with Crippen molar-refractivity contribution in [3.8, 4) is 11.5 Å². The molecule has 0 radical (unpaired) electrons. The number of methoxy groups -OCH3 is 2. The number of carbonyl (C=O) groups excluding carboxylic acids is 5. The molecule has 4 amide bonds. The molecule has 366 valence electrons. The fourth-order valence-electron chi connectivity index (χ4n) is 8.11. The largest absolute Gasteiger partial charge is 0.493 e. The molecule has 0 spiro atoms. The van der Waals surface area contributed by atoms with Gasteiger partial charge in [0.2, 0.25) is 11.7 Å². The van der Waals surface area contributed by atoms with Gasteiger partial charge < -0.3 is 53.7 Å². The molecular formula is C47H52N11O11P. The molecule has 2 aliphatic heterocycles. The van der Waals surface area contributed by atoms with Crippen LogP contribution in [0.5, 0.6) is 11.5 Å². The molecular weight excluding hydrogens is 926 g/mol. The van der Waals surface area contributed by atoms with Crippen LogP contribution in [0, 0.1) is 0 Å². The Bertz CT molecular complexity index is 3130. The molecule has 2 aliphatic rings. The van der Waals surface area contributed by atoms with E-state index in [4.69, 9.17) is 18.7 Å². The van der Waals surface area contributed by atoms with E-state index in [1.807, 2.05) is 0 Å². The Hall–Kier alpha value is -7.62. The highest BCUT2D eigenvalue weighted by Crippen LogP contribution is 2.39. The van der Waals surface area contributed by atoms with Gasteiger partial charge in [-0.1, -0.05) is 24.3 Å². The topological polar surface area (TPSA) is 256 Å². The van der Waals surface area contributed by atoms with E-state index < -0.39 is 19.6 Å². The summed E-state index contributed by atoms with van der Waals surface area (Å²) in [7, 11) is 3.77. The molecule has 22 nitrogen and oxygen atoms in total. The Morgan fingerprint density at radius 2 is 1.61 bits per heavy atom. The average molecular weight is 978 g/mol. The number of hydrogen-bond donors (Lipinski definition) is 5. The SMILES string of the molecule is C=C1C[C@H]2C=Nc3cc(OCCCC(=O)Nc4cn(C)c(C(=O)Nc5cc(C(=O)Nc6cc(C(=O)n7ccc8ccc(CNP(=O)(O)OCCOC)cc87)n(C)c6)n(C)c5)n4)c(OC)cc3C(=O)N2C1. The highest BCUT2D eigenvalue weighted by molar-refractivity contribution is 7.50. The van der Waals surface area contributed by atoms with Crippen molar-refractivity contribution in [2.24, 2.45) is 26.1 Å². The van der Waals surface area contributed by atoms with Crippen molar-refractivity contribution in [3.63, 3.8) is 0 Å². The van der Waals surface area contributed by atoms with E-state index in [0.29, 0.717) is 64.6 Å². The van der Waals surface area contributed by atoms with Crippen LogP contribution in [0.1, 0.15) is 66.8 Å². The van der Waals surface area contributed by atoms with Gasteiger partial charge >= 0.3 is 7.75 Å². The molecule has 2 atom stereocenters. The molecule has 6 heterocycles. The molecule has 0 aliphatic carbocycles. The second-order valence-electron chi connectivity index (χ2n) is 16.7. The molecule has 4 aromatic heterocycles. The van der Waals surface area contributed by atoms with Gasteiger partial charge in [-0.3, -0.25) is 38.1 Å². The van der Waals surface area contributed by atoms with Crippen LogP contribution in [0.25, 0.3) is 10.9 Å². The summed E-state index contributed by atoms with van der Waals surface area (Å²) < 4.78 is 39.7. The van der Waals surface area contributed by atoms with Gasteiger partial charge in [0, 0.05) is 90.2 Å². The summed E-state index contributed by atoms with van der Waals surface area (Å²) in [5, 5.41) is 11.6. The first kappa shape index (κ1) is 48.8. The number of hydrogen-bond acceptors (Lipinski definition) is 12. The third-order valence-electron chi connectivity index (χ3n) is 11.6. The molecule has 6 aromatic rings. The Kier molecular flexibility index (Phi) is 14.3. The normalized spacial score (nSPS) is 15.1. The smallest absolute Gasteiger partial charge is 0.403 e. The van der Waals surface area contributed by atoms with E-state index in [1.165, 1.54) is 40.2 Å². The fourth-order valence-corrected chi connectivity index (χ4v) is 8.91. The molecule has 0 saturated carbocycles. The average Bonchev–Trinajstić information content (AvgIpc) is 4.15. The highest BCUT2D eigenvalue weighted by Gasteiger charge is 2.34. The summed E-state index contributed by atoms with van der Waals surface area (Å²) in [4.78, 5) is 87.6. The van der Waals surface area contributed by atoms with Gasteiger partial charge in [-0.2, -0.15) is 0 Å². The van der Waals surface area contributed by atoms with Gasteiger partial charge in [-0.25, -0.2) is 14.6 Å². The van der Waals surface area contributed by atoms with Crippen LogP contribution < -0.4 is 30.5 Å². The second-order valence-corrected chi connectivity index (χ2v) is 18.4. The summed E-state index contributed by atoms with van der Waals surface area (Å²) in [6.07, 6.45) is 9.11. The molecule has 23 heteroatoms. The standard InChI is InChI=1S/C47H52N11O11P/c1-28-16-33-23-48-35-21-40(39(67-6)20-34(35)46(62)58(33)24-28)68-13-7-8-42(59)52-41-27-56(4)43(53-41)45(61)51-31-18-37(54(2)25-31)44(60)50-32-19-38(55(3)26-32)47(63)57-12-11-30-10-9-29(17-36(30)57)22-49-70(64,65)69-15-14-66-5/h9-12,17-21,23,25-27,33H,1,7-8,13-16,22,24H2,2-6H3,(H,50,60)(H,51,61)(H,52,59)(H2,49,64,65)/t33-/m0/s1. The Balaban J connectivity index is 0.830. The van der Waals surface area contributed by atoms with Crippen LogP contribution in [-0.2, 0) is 46.3 Å². The molecule has 5 N–H and O–H groups in total. The van der Waals surface area contributed by atoms with Crippen LogP contribution >= 0.6 is 7.75 Å². The van der Waals surface area contributed by atoms with Gasteiger partial charge in [0.05, 0.1) is 61.1 Å². The molecule has 1 saturated heterocycles. The number of aryl methyl sites for hydroxylation is 3. The van der Waals surface area contributed by atoms with Crippen molar-refractivity contribution in [2.45, 2.75) is 31.8 Å². The maximum Gasteiger partial charge on any atom is 0.403 e. The summed E-state index contributed by atoms with van der Waals surface area (Å²) in [5.41, 5.74) is 4.17. The molecule has 70 heavy (non-hydrogen) atoms. The predicted molar refractivity (Wildman–Crippen MR) is 259 cm³/mol. The molecule has 0 bridgehead atoms. The van der Waals surface area contributed by atoms with Crippen molar-refractivity contribution in [1.29, 1.82) is 0 Å². The Morgan fingerprint density at radius 1 is 0.871 bits per heavy atom. The summed E-state index contributed by atoms with van der Waals surface area (Å²) in [6, 6.07) is 13.2. The number of anilines is 3. The lowest BCUT2D eigenvalue weighted by atomic mass is 10.1. The van der Waals surface area contributed by atoms with E-state index in [9.17, 15) is 33.4 Å². The first-order valence-corrected chi connectivity index (χ1v) is 23.6. The van der Waals surface area contributed by atoms with E-state index in [1.54, 1.807) is 97.9 Å². The Morgan fingerprint density at radius 3 is 2.37 bits per heavy atom. The number of benzene rings is 2. The maximum absolute atomic E-state index is 13.8. The fraction of sp³-hybridized carbons (Fsp3) is 0.298.